The molecular formula is C24H31ClN2O2S. The van der Waals surface area contributed by atoms with Gasteiger partial charge in [0.25, 0.3) is 0 Å². The van der Waals surface area contributed by atoms with Gasteiger partial charge in [0.1, 0.15) is 6.04 Å². The summed E-state index contributed by atoms with van der Waals surface area (Å²) in [5, 5.41) is 3.66. The zero-order valence-corrected chi connectivity index (χ0v) is 19.3. The quantitative estimate of drug-likeness (QED) is 0.501. The average molecular weight is 447 g/mol. The van der Waals surface area contributed by atoms with Gasteiger partial charge in [-0.05, 0) is 36.5 Å². The molecule has 0 radical (unpaired) electrons. The molecule has 2 rings (SSSR count). The van der Waals surface area contributed by atoms with Crippen LogP contribution >= 0.6 is 23.4 Å². The lowest BCUT2D eigenvalue weighted by Crippen LogP contribution is -2.50. The van der Waals surface area contributed by atoms with Crippen LogP contribution in [0.5, 0.6) is 0 Å². The van der Waals surface area contributed by atoms with E-state index in [4.69, 9.17) is 11.6 Å². The second-order valence-corrected chi connectivity index (χ2v) is 8.51. The van der Waals surface area contributed by atoms with Crippen LogP contribution in [-0.2, 0) is 21.8 Å². The fourth-order valence-electron chi connectivity index (χ4n) is 3.21. The summed E-state index contributed by atoms with van der Waals surface area (Å²) in [6, 6.07) is 17.3. The molecule has 0 spiro atoms. The zero-order chi connectivity index (χ0) is 21.8. The molecule has 2 aromatic carbocycles. The van der Waals surface area contributed by atoms with Crippen molar-refractivity contribution in [1.29, 1.82) is 0 Å². The van der Waals surface area contributed by atoms with E-state index >= 15 is 0 Å². The van der Waals surface area contributed by atoms with Crippen LogP contribution in [0.4, 0.5) is 0 Å². The Labute approximate surface area is 189 Å². The summed E-state index contributed by atoms with van der Waals surface area (Å²) in [7, 11) is 0. The van der Waals surface area contributed by atoms with E-state index in [1.165, 1.54) is 11.8 Å². The van der Waals surface area contributed by atoms with Crippen LogP contribution in [0.3, 0.4) is 0 Å². The molecule has 30 heavy (non-hydrogen) atoms. The lowest BCUT2D eigenvalue weighted by atomic mass is 10.1. The van der Waals surface area contributed by atoms with Crippen molar-refractivity contribution in [3.8, 4) is 0 Å². The summed E-state index contributed by atoms with van der Waals surface area (Å²) in [5.74, 6) is 0.896. The van der Waals surface area contributed by atoms with Gasteiger partial charge in [-0.15, -0.1) is 11.8 Å². The van der Waals surface area contributed by atoms with Crippen molar-refractivity contribution in [1.82, 2.24) is 10.2 Å². The lowest BCUT2D eigenvalue weighted by Gasteiger charge is -2.30. The summed E-state index contributed by atoms with van der Waals surface area (Å²) < 4.78 is 0. The Morgan fingerprint density at radius 3 is 2.43 bits per heavy atom. The van der Waals surface area contributed by atoms with Crippen molar-refractivity contribution in [2.75, 3.05) is 18.8 Å². The maximum atomic E-state index is 13.1. The van der Waals surface area contributed by atoms with Crippen LogP contribution in [0.15, 0.2) is 54.6 Å². The second kappa shape index (κ2) is 13.3. The summed E-state index contributed by atoms with van der Waals surface area (Å²) >= 11 is 7.75. The van der Waals surface area contributed by atoms with Gasteiger partial charge < -0.3 is 10.2 Å². The third-order valence-electron chi connectivity index (χ3n) is 4.86. The molecule has 162 valence electrons. The summed E-state index contributed by atoms with van der Waals surface area (Å²) in [4.78, 5) is 27.6. The number of thioether (sulfide) groups is 1. The van der Waals surface area contributed by atoms with Crippen LogP contribution in [0.1, 0.15) is 37.8 Å². The zero-order valence-electron chi connectivity index (χ0n) is 17.8. The number of rotatable bonds is 12. The van der Waals surface area contributed by atoms with E-state index in [9.17, 15) is 9.59 Å². The SMILES string of the molecule is CCCNC(=O)[C@H](CC)N(CCc1ccccc1)C(=O)CSCc1ccccc1Cl. The third kappa shape index (κ3) is 7.69. The number of nitrogens with zero attached hydrogens (tertiary/aromatic N) is 1. The number of carbonyl (C=O) groups excluding carboxylic acids is 2. The maximum absolute atomic E-state index is 13.1. The van der Waals surface area contributed by atoms with Crippen molar-refractivity contribution in [2.45, 2.75) is 44.9 Å². The Hall–Kier alpha value is -1.98. The second-order valence-electron chi connectivity index (χ2n) is 7.12. The lowest BCUT2D eigenvalue weighted by molar-refractivity contribution is -0.138. The Morgan fingerprint density at radius 2 is 1.77 bits per heavy atom. The molecule has 0 fully saturated rings. The highest BCUT2D eigenvalue weighted by atomic mass is 35.5. The highest BCUT2D eigenvalue weighted by Gasteiger charge is 2.27. The topological polar surface area (TPSA) is 49.4 Å². The number of nitrogens with one attached hydrogen (secondary N) is 1. The molecule has 1 atom stereocenters. The first kappa shape index (κ1) is 24.3. The Kier molecular flexibility index (Phi) is 10.8. The highest BCUT2D eigenvalue weighted by Crippen LogP contribution is 2.21. The van der Waals surface area contributed by atoms with Gasteiger partial charge in [-0.3, -0.25) is 9.59 Å². The molecule has 0 saturated heterocycles. The fourth-order valence-corrected chi connectivity index (χ4v) is 4.40. The molecular weight excluding hydrogens is 416 g/mol. The first-order valence-electron chi connectivity index (χ1n) is 10.5. The van der Waals surface area contributed by atoms with Crippen LogP contribution in [0.2, 0.25) is 5.02 Å². The van der Waals surface area contributed by atoms with Crippen LogP contribution in [-0.4, -0.2) is 41.6 Å². The highest BCUT2D eigenvalue weighted by molar-refractivity contribution is 7.99. The van der Waals surface area contributed by atoms with Gasteiger partial charge in [-0.25, -0.2) is 0 Å². The van der Waals surface area contributed by atoms with E-state index < -0.39 is 6.04 Å². The molecule has 0 bridgehead atoms. The Balaban J connectivity index is 2.04. The van der Waals surface area contributed by atoms with Crippen molar-refractivity contribution in [3.63, 3.8) is 0 Å². The molecule has 0 saturated carbocycles. The first-order valence-corrected chi connectivity index (χ1v) is 12.0. The van der Waals surface area contributed by atoms with E-state index in [0.717, 1.165) is 24.0 Å². The van der Waals surface area contributed by atoms with Gasteiger partial charge in [-0.2, -0.15) is 0 Å². The summed E-state index contributed by atoms with van der Waals surface area (Å²) in [6.45, 7) is 5.12. The number of hydrogen-bond acceptors (Lipinski definition) is 3. The minimum absolute atomic E-state index is 0.0125. The molecule has 2 aromatic rings. The van der Waals surface area contributed by atoms with Crippen LogP contribution in [0, 0.1) is 0 Å². The predicted molar refractivity (Wildman–Crippen MR) is 127 cm³/mol. The van der Waals surface area contributed by atoms with Gasteiger partial charge in [-0.1, -0.05) is 74.0 Å². The number of amides is 2. The van der Waals surface area contributed by atoms with Gasteiger partial charge in [0, 0.05) is 23.9 Å². The van der Waals surface area contributed by atoms with E-state index in [1.54, 1.807) is 4.90 Å². The molecule has 0 aromatic heterocycles. The molecule has 0 unspecified atom stereocenters. The molecule has 4 nitrogen and oxygen atoms in total. The molecule has 1 N–H and O–H groups in total. The summed E-state index contributed by atoms with van der Waals surface area (Å²) in [6.07, 6.45) is 2.18. The smallest absolute Gasteiger partial charge is 0.242 e. The molecule has 0 aliphatic rings. The van der Waals surface area contributed by atoms with Crippen molar-refractivity contribution in [3.05, 3.63) is 70.7 Å². The first-order chi connectivity index (χ1) is 14.6. The van der Waals surface area contributed by atoms with E-state index in [-0.39, 0.29) is 11.8 Å². The molecule has 0 heterocycles. The maximum Gasteiger partial charge on any atom is 0.242 e. The third-order valence-corrected chi connectivity index (χ3v) is 6.20. The molecule has 0 aliphatic heterocycles. The molecule has 0 aliphatic carbocycles. The van der Waals surface area contributed by atoms with Crippen molar-refractivity contribution in [2.24, 2.45) is 0 Å². The Morgan fingerprint density at radius 1 is 1.07 bits per heavy atom. The van der Waals surface area contributed by atoms with Crippen molar-refractivity contribution >= 4 is 35.2 Å². The number of benzene rings is 2. The van der Waals surface area contributed by atoms with Crippen molar-refractivity contribution < 1.29 is 9.59 Å². The molecule has 2 amide bonds. The molecule has 6 heteroatoms. The minimum atomic E-state index is -0.450. The number of halogens is 1. The van der Waals surface area contributed by atoms with Crippen LogP contribution in [0.25, 0.3) is 0 Å². The normalized spacial score (nSPS) is 11.7. The minimum Gasteiger partial charge on any atom is -0.354 e. The largest absolute Gasteiger partial charge is 0.354 e. The van der Waals surface area contributed by atoms with E-state index in [0.29, 0.717) is 36.0 Å². The predicted octanol–water partition coefficient (Wildman–Crippen LogP) is 4.95. The van der Waals surface area contributed by atoms with Crippen LogP contribution < -0.4 is 5.32 Å². The van der Waals surface area contributed by atoms with E-state index in [1.807, 2.05) is 68.4 Å². The van der Waals surface area contributed by atoms with Gasteiger partial charge in [0.05, 0.1) is 5.75 Å². The van der Waals surface area contributed by atoms with Gasteiger partial charge >= 0.3 is 0 Å². The number of carbonyl (C=O) groups is 2. The summed E-state index contributed by atoms with van der Waals surface area (Å²) in [5.41, 5.74) is 2.17. The standard InChI is InChI=1S/C24H31ClN2O2S/c1-3-15-26-24(29)22(4-2)27(16-14-19-10-6-5-7-11-19)23(28)18-30-17-20-12-8-9-13-21(20)25/h5-13,22H,3-4,14-18H2,1-2H3,(H,26,29)/t22-/m0/s1. The van der Waals surface area contributed by atoms with Gasteiger partial charge in [0.15, 0.2) is 0 Å². The fraction of sp³-hybridized carbons (Fsp3) is 0.417. The van der Waals surface area contributed by atoms with Gasteiger partial charge in [0.2, 0.25) is 11.8 Å². The number of hydrogen-bond donors (Lipinski definition) is 1. The van der Waals surface area contributed by atoms with E-state index in [2.05, 4.69) is 5.32 Å². The average Bonchev–Trinajstić information content (AvgIpc) is 2.76. The Bertz CT molecular complexity index is 801. The monoisotopic (exact) mass is 446 g/mol.